The second kappa shape index (κ2) is 7.35. The maximum atomic E-state index is 11.8. The van der Waals surface area contributed by atoms with Gasteiger partial charge in [-0.25, -0.2) is 0 Å². The number of nitrogens with one attached hydrogen (secondary N) is 1. The van der Waals surface area contributed by atoms with E-state index in [9.17, 15) is 4.79 Å². The van der Waals surface area contributed by atoms with Crippen LogP contribution in [0.15, 0.2) is 35.2 Å². The molecule has 17 heavy (non-hydrogen) atoms. The summed E-state index contributed by atoms with van der Waals surface area (Å²) in [7, 11) is 3.99. The molecule has 0 heterocycles. The quantitative estimate of drug-likeness (QED) is 0.784. The first-order valence-corrected chi connectivity index (χ1v) is 6.61. The van der Waals surface area contributed by atoms with Crippen LogP contribution in [0.3, 0.4) is 0 Å². The van der Waals surface area contributed by atoms with Crippen molar-refractivity contribution in [2.45, 2.75) is 17.1 Å². The third-order valence-electron chi connectivity index (χ3n) is 2.28. The topological polar surface area (TPSA) is 32.3 Å². The fraction of sp³-hybridized carbons (Fsp3) is 0.462. The molecule has 1 amide bonds. The molecule has 1 rings (SSSR count). The Labute approximate surface area is 108 Å². The maximum Gasteiger partial charge on any atom is 0.233 e. The number of amides is 1. The molecule has 0 fully saturated rings. The van der Waals surface area contributed by atoms with Gasteiger partial charge in [-0.3, -0.25) is 4.79 Å². The average Bonchev–Trinajstić information content (AvgIpc) is 2.29. The lowest BCUT2D eigenvalue weighted by atomic mass is 10.4. The van der Waals surface area contributed by atoms with Crippen molar-refractivity contribution in [3.05, 3.63) is 30.3 Å². The molecule has 0 saturated carbocycles. The first kappa shape index (κ1) is 14.1. The van der Waals surface area contributed by atoms with Crippen LogP contribution in [0, 0.1) is 0 Å². The third kappa shape index (κ3) is 5.75. The summed E-state index contributed by atoms with van der Waals surface area (Å²) in [5.74, 6) is 0.0979. The standard InChI is InChI=1S/C13H20N2OS/c1-11(13(16)14-9-10-15(2)3)17-12-7-5-4-6-8-12/h4-8,11H,9-10H2,1-3H3,(H,14,16)/t11-/m0/s1. The highest BCUT2D eigenvalue weighted by atomic mass is 32.2. The van der Waals surface area contributed by atoms with E-state index in [0.29, 0.717) is 6.54 Å². The molecule has 3 nitrogen and oxygen atoms in total. The van der Waals surface area contributed by atoms with Crippen LogP contribution in [0.25, 0.3) is 0 Å². The Kier molecular flexibility index (Phi) is 6.08. The summed E-state index contributed by atoms with van der Waals surface area (Å²) in [5.41, 5.74) is 0. The highest BCUT2D eigenvalue weighted by Crippen LogP contribution is 2.22. The molecule has 0 radical (unpaired) electrons. The van der Waals surface area contributed by atoms with Gasteiger partial charge in [0.15, 0.2) is 0 Å². The van der Waals surface area contributed by atoms with Crippen LogP contribution >= 0.6 is 11.8 Å². The molecule has 0 bridgehead atoms. The Morgan fingerprint density at radius 3 is 2.59 bits per heavy atom. The Morgan fingerprint density at radius 2 is 2.00 bits per heavy atom. The van der Waals surface area contributed by atoms with Gasteiger partial charge in [0.05, 0.1) is 5.25 Å². The van der Waals surface area contributed by atoms with Crippen LogP contribution in [0.4, 0.5) is 0 Å². The number of hydrogen-bond donors (Lipinski definition) is 1. The molecule has 0 saturated heterocycles. The van der Waals surface area contributed by atoms with Crippen molar-refractivity contribution in [1.82, 2.24) is 10.2 Å². The number of carbonyl (C=O) groups is 1. The van der Waals surface area contributed by atoms with Gasteiger partial charge in [-0.2, -0.15) is 0 Å². The fourth-order valence-corrected chi connectivity index (χ4v) is 2.22. The van der Waals surface area contributed by atoms with Crippen molar-refractivity contribution in [2.75, 3.05) is 27.2 Å². The van der Waals surface area contributed by atoms with Gasteiger partial charge in [0.25, 0.3) is 0 Å². The Morgan fingerprint density at radius 1 is 1.35 bits per heavy atom. The fourth-order valence-electron chi connectivity index (χ4n) is 1.30. The first-order valence-electron chi connectivity index (χ1n) is 5.73. The minimum atomic E-state index is -0.0560. The average molecular weight is 252 g/mol. The first-order chi connectivity index (χ1) is 8.09. The van der Waals surface area contributed by atoms with Gasteiger partial charge in [0.2, 0.25) is 5.91 Å². The van der Waals surface area contributed by atoms with E-state index < -0.39 is 0 Å². The van der Waals surface area contributed by atoms with E-state index in [4.69, 9.17) is 0 Å². The minimum absolute atomic E-state index is 0.0560. The normalized spacial score (nSPS) is 12.5. The molecule has 0 unspecified atom stereocenters. The van der Waals surface area contributed by atoms with Gasteiger partial charge in [0.1, 0.15) is 0 Å². The number of hydrogen-bond acceptors (Lipinski definition) is 3. The Balaban J connectivity index is 2.32. The Hall–Kier alpha value is -1.00. The largest absolute Gasteiger partial charge is 0.354 e. The number of benzene rings is 1. The van der Waals surface area contributed by atoms with Gasteiger partial charge in [0, 0.05) is 18.0 Å². The number of likely N-dealkylation sites (N-methyl/N-ethyl adjacent to an activating group) is 1. The molecule has 0 aliphatic rings. The van der Waals surface area contributed by atoms with E-state index in [1.807, 2.05) is 51.4 Å². The zero-order valence-electron chi connectivity index (χ0n) is 10.6. The third-order valence-corrected chi connectivity index (χ3v) is 3.40. The summed E-state index contributed by atoms with van der Waals surface area (Å²) in [5, 5.41) is 2.88. The lowest BCUT2D eigenvalue weighted by molar-refractivity contribution is -0.120. The zero-order chi connectivity index (χ0) is 12.7. The summed E-state index contributed by atoms with van der Waals surface area (Å²) >= 11 is 1.58. The number of rotatable bonds is 6. The van der Waals surface area contributed by atoms with Crippen molar-refractivity contribution < 1.29 is 4.79 Å². The van der Waals surface area contributed by atoms with Crippen molar-refractivity contribution in [2.24, 2.45) is 0 Å². The van der Waals surface area contributed by atoms with Crippen LogP contribution < -0.4 is 5.32 Å². The molecule has 1 atom stereocenters. The van der Waals surface area contributed by atoms with Crippen molar-refractivity contribution in [1.29, 1.82) is 0 Å². The molecule has 0 spiro atoms. The van der Waals surface area contributed by atoms with Crippen LogP contribution in [0.2, 0.25) is 0 Å². The van der Waals surface area contributed by atoms with Gasteiger partial charge < -0.3 is 10.2 Å². The lowest BCUT2D eigenvalue weighted by Crippen LogP contribution is -2.35. The Bertz CT molecular complexity index is 341. The van der Waals surface area contributed by atoms with E-state index in [2.05, 4.69) is 10.2 Å². The molecule has 0 aliphatic carbocycles. The molecule has 94 valence electrons. The van der Waals surface area contributed by atoms with E-state index in [1.54, 1.807) is 11.8 Å². The molecule has 0 aromatic heterocycles. The second-order valence-electron chi connectivity index (χ2n) is 4.17. The van der Waals surface area contributed by atoms with Gasteiger partial charge in [-0.1, -0.05) is 18.2 Å². The summed E-state index contributed by atoms with van der Waals surface area (Å²) in [6.07, 6.45) is 0. The van der Waals surface area contributed by atoms with Gasteiger partial charge in [-0.15, -0.1) is 11.8 Å². The molecular weight excluding hydrogens is 232 g/mol. The molecular formula is C13H20N2OS. The molecule has 1 aromatic rings. The van der Waals surface area contributed by atoms with E-state index in [-0.39, 0.29) is 11.2 Å². The van der Waals surface area contributed by atoms with Crippen molar-refractivity contribution in [3.8, 4) is 0 Å². The molecule has 4 heteroatoms. The summed E-state index contributed by atoms with van der Waals surface area (Å²) in [4.78, 5) is 15.0. The lowest BCUT2D eigenvalue weighted by Gasteiger charge is -2.14. The van der Waals surface area contributed by atoms with E-state index >= 15 is 0 Å². The molecule has 1 aromatic carbocycles. The minimum Gasteiger partial charge on any atom is -0.354 e. The molecule has 1 N–H and O–H groups in total. The van der Waals surface area contributed by atoms with Gasteiger partial charge in [-0.05, 0) is 33.2 Å². The summed E-state index contributed by atoms with van der Waals surface area (Å²) < 4.78 is 0. The zero-order valence-corrected chi connectivity index (χ0v) is 11.5. The molecule has 0 aliphatic heterocycles. The van der Waals surface area contributed by atoms with Crippen LogP contribution in [-0.2, 0) is 4.79 Å². The number of carbonyl (C=O) groups excluding carboxylic acids is 1. The van der Waals surface area contributed by atoms with Gasteiger partial charge >= 0.3 is 0 Å². The number of nitrogens with zero attached hydrogens (tertiary/aromatic N) is 1. The second-order valence-corrected chi connectivity index (χ2v) is 5.58. The summed E-state index contributed by atoms with van der Waals surface area (Å²) in [6, 6.07) is 9.99. The smallest absolute Gasteiger partial charge is 0.233 e. The van der Waals surface area contributed by atoms with Crippen LogP contribution in [0.5, 0.6) is 0 Å². The van der Waals surface area contributed by atoms with E-state index in [0.717, 1.165) is 11.4 Å². The predicted octanol–water partition coefficient (Wildman–Crippen LogP) is 1.84. The van der Waals surface area contributed by atoms with Crippen LogP contribution in [-0.4, -0.2) is 43.2 Å². The summed E-state index contributed by atoms with van der Waals surface area (Å²) in [6.45, 7) is 3.50. The highest BCUT2D eigenvalue weighted by Gasteiger charge is 2.13. The highest BCUT2D eigenvalue weighted by molar-refractivity contribution is 8.00. The SMILES string of the molecule is C[C@H](Sc1ccccc1)C(=O)NCCN(C)C. The van der Waals surface area contributed by atoms with E-state index in [1.165, 1.54) is 0 Å². The predicted molar refractivity (Wildman–Crippen MR) is 73.3 cm³/mol. The maximum absolute atomic E-state index is 11.8. The van der Waals surface area contributed by atoms with Crippen molar-refractivity contribution in [3.63, 3.8) is 0 Å². The van der Waals surface area contributed by atoms with Crippen LogP contribution in [0.1, 0.15) is 6.92 Å². The monoisotopic (exact) mass is 252 g/mol. The van der Waals surface area contributed by atoms with Crippen molar-refractivity contribution >= 4 is 17.7 Å². The number of thioether (sulfide) groups is 1.